The molecule has 31 heavy (non-hydrogen) atoms. The van der Waals surface area contributed by atoms with Crippen molar-refractivity contribution in [3.8, 4) is 11.4 Å². The van der Waals surface area contributed by atoms with Crippen LogP contribution in [0.3, 0.4) is 0 Å². The van der Waals surface area contributed by atoms with Gasteiger partial charge in [-0.15, -0.1) is 5.10 Å². The number of tetrazole rings is 1. The van der Waals surface area contributed by atoms with Crippen molar-refractivity contribution in [1.29, 1.82) is 0 Å². The van der Waals surface area contributed by atoms with Gasteiger partial charge in [0.1, 0.15) is 0 Å². The topological polar surface area (TPSA) is 90.8 Å². The van der Waals surface area contributed by atoms with Crippen molar-refractivity contribution in [3.63, 3.8) is 0 Å². The van der Waals surface area contributed by atoms with Crippen LogP contribution in [0.4, 0.5) is 0 Å². The average molecular weight is 437 g/mol. The van der Waals surface area contributed by atoms with Crippen LogP contribution in [-0.4, -0.2) is 46.5 Å². The molecule has 0 aliphatic carbocycles. The Bertz CT molecular complexity index is 1200. The zero-order valence-corrected chi connectivity index (χ0v) is 18.2. The van der Waals surface area contributed by atoms with Gasteiger partial charge in [0, 0.05) is 12.8 Å². The highest BCUT2D eigenvalue weighted by molar-refractivity contribution is 7.99. The van der Waals surface area contributed by atoms with Crippen LogP contribution in [0.1, 0.15) is 17.7 Å². The molecule has 0 saturated heterocycles. The minimum atomic E-state index is -0.506. The molecule has 0 spiro atoms. The number of nitrogens with zero attached hydrogens (tertiary/aromatic N) is 6. The third-order valence-electron chi connectivity index (χ3n) is 5.19. The van der Waals surface area contributed by atoms with E-state index in [4.69, 9.17) is 0 Å². The van der Waals surface area contributed by atoms with E-state index in [0.29, 0.717) is 23.0 Å². The molecule has 0 saturated carbocycles. The number of benzene rings is 2. The van der Waals surface area contributed by atoms with Crippen LogP contribution in [0, 0.1) is 6.92 Å². The summed E-state index contributed by atoms with van der Waals surface area (Å²) < 4.78 is 4.85. The lowest BCUT2D eigenvalue weighted by atomic mass is 10.1. The highest BCUT2D eigenvalue weighted by atomic mass is 32.2. The van der Waals surface area contributed by atoms with E-state index in [-0.39, 0.29) is 5.56 Å². The van der Waals surface area contributed by atoms with Gasteiger partial charge in [-0.3, -0.25) is 9.48 Å². The smallest absolute Gasteiger partial charge is 0.297 e. The zero-order valence-electron chi connectivity index (χ0n) is 17.4. The maximum atomic E-state index is 13.2. The van der Waals surface area contributed by atoms with Crippen LogP contribution < -0.4 is 5.56 Å². The van der Waals surface area contributed by atoms with E-state index in [1.165, 1.54) is 22.0 Å². The molecule has 160 valence electrons. The summed E-state index contributed by atoms with van der Waals surface area (Å²) in [5.74, 6) is 0.436. The van der Waals surface area contributed by atoms with Gasteiger partial charge in [0.25, 0.3) is 5.56 Å². The van der Waals surface area contributed by atoms with Gasteiger partial charge in [-0.1, -0.05) is 60.3 Å². The third-order valence-corrected chi connectivity index (χ3v) is 6.25. The highest BCUT2D eigenvalue weighted by Crippen LogP contribution is 2.21. The van der Waals surface area contributed by atoms with Gasteiger partial charge in [-0.25, -0.2) is 4.68 Å². The second-order valence-corrected chi connectivity index (χ2v) is 8.26. The van der Waals surface area contributed by atoms with Crippen LogP contribution in [0.5, 0.6) is 0 Å². The van der Waals surface area contributed by atoms with Crippen LogP contribution in [0.2, 0.25) is 0 Å². The van der Waals surface area contributed by atoms with Gasteiger partial charge < -0.3 is 5.11 Å². The Morgan fingerprint density at radius 3 is 2.45 bits per heavy atom. The predicted molar refractivity (Wildman–Crippen MR) is 120 cm³/mol. The zero-order chi connectivity index (χ0) is 21.8. The predicted octanol–water partition coefficient (Wildman–Crippen LogP) is 2.55. The number of rotatable bonds is 8. The SMILES string of the molecule is Cc1c(-n2nnnc2SCC(O)CCc2ccccc2)c(=O)n(-c2ccccc2)n1C. The number of aryl methyl sites for hydroxylation is 1. The van der Waals surface area contributed by atoms with E-state index < -0.39 is 6.10 Å². The number of hydrogen-bond acceptors (Lipinski definition) is 6. The first-order valence-corrected chi connectivity index (χ1v) is 11.0. The molecule has 1 unspecified atom stereocenters. The van der Waals surface area contributed by atoms with Crippen LogP contribution >= 0.6 is 11.8 Å². The molecule has 1 N–H and O–H groups in total. The van der Waals surface area contributed by atoms with Crippen molar-refractivity contribution in [2.45, 2.75) is 31.0 Å². The van der Waals surface area contributed by atoms with E-state index in [1.54, 1.807) is 9.36 Å². The summed E-state index contributed by atoms with van der Waals surface area (Å²) in [7, 11) is 1.83. The molecule has 4 aromatic rings. The number of aliphatic hydroxyl groups is 1. The maximum absolute atomic E-state index is 13.2. The first kappa shape index (κ1) is 21.1. The van der Waals surface area contributed by atoms with Crippen molar-refractivity contribution in [3.05, 3.63) is 82.3 Å². The molecule has 0 amide bonds. The summed E-state index contributed by atoms with van der Waals surface area (Å²) in [5.41, 5.74) is 2.90. The average Bonchev–Trinajstić information content (AvgIpc) is 3.34. The lowest BCUT2D eigenvalue weighted by molar-refractivity contribution is 0.189. The third kappa shape index (κ3) is 4.47. The van der Waals surface area contributed by atoms with Gasteiger partial charge >= 0.3 is 0 Å². The van der Waals surface area contributed by atoms with Crippen molar-refractivity contribution in [2.75, 3.05) is 5.75 Å². The molecule has 2 aromatic heterocycles. The number of hydrogen-bond donors (Lipinski definition) is 1. The molecule has 4 rings (SSSR count). The Balaban J connectivity index is 1.52. The Morgan fingerprint density at radius 1 is 1.06 bits per heavy atom. The summed E-state index contributed by atoms with van der Waals surface area (Å²) in [5, 5.41) is 22.8. The van der Waals surface area contributed by atoms with Crippen molar-refractivity contribution in [2.24, 2.45) is 7.05 Å². The Labute approximate surface area is 184 Å². The highest BCUT2D eigenvalue weighted by Gasteiger charge is 2.22. The Morgan fingerprint density at radius 2 is 1.74 bits per heavy atom. The van der Waals surface area contributed by atoms with E-state index in [0.717, 1.165) is 17.8 Å². The van der Waals surface area contributed by atoms with Crippen LogP contribution in [-0.2, 0) is 13.5 Å². The molecular weight excluding hydrogens is 412 g/mol. The van der Waals surface area contributed by atoms with Gasteiger partial charge in [0.05, 0.1) is 17.5 Å². The molecule has 9 heteroatoms. The lowest BCUT2D eigenvalue weighted by Gasteiger charge is -2.10. The first-order chi connectivity index (χ1) is 15.1. The van der Waals surface area contributed by atoms with Crippen LogP contribution in [0.25, 0.3) is 11.4 Å². The van der Waals surface area contributed by atoms with Crippen molar-refractivity contribution >= 4 is 11.8 Å². The lowest BCUT2D eigenvalue weighted by Crippen LogP contribution is -2.22. The molecule has 8 nitrogen and oxygen atoms in total. The Kier molecular flexibility index (Phi) is 6.34. The molecule has 0 radical (unpaired) electrons. The van der Waals surface area contributed by atoms with Gasteiger partial charge in [-0.05, 0) is 47.9 Å². The van der Waals surface area contributed by atoms with E-state index >= 15 is 0 Å². The van der Waals surface area contributed by atoms with Crippen molar-refractivity contribution in [1.82, 2.24) is 29.6 Å². The fraction of sp³-hybridized carbons (Fsp3) is 0.273. The normalized spacial score (nSPS) is 12.2. The fourth-order valence-corrected chi connectivity index (χ4v) is 4.29. The number of thioether (sulfide) groups is 1. The Hall–Kier alpha value is -3.17. The number of para-hydroxylation sites is 1. The number of aromatic nitrogens is 6. The molecule has 1 atom stereocenters. The molecule has 0 fully saturated rings. The second-order valence-electron chi connectivity index (χ2n) is 7.27. The quantitative estimate of drug-likeness (QED) is 0.427. The molecule has 0 aliphatic rings. The second kappa shape index (κ2) is 9.32. The molecular formula is C22H24N6O2S. The molecule has 0 aliphatic heterocycles. The summed E-state index contributed by atoms with van der Waals surface area (Å²) in [4.78, 5) is 13.2. The summed E-state index contributed by atoms with van der Waals surface area (Å²) in [6.45, 7) is 1.86. The van der Waals surface area contributed by atoms with E-state index in [1.807, 2.05) is 62.5 Å². The monoisotopic (exact) mass is 436 g/mol. The summed E-state index contributed by atoms with van der Waals surface area (Å²) in [6, 6.07) is 19.5. The minimum absolute atomic E-state index is 0.204. The largest absolute Gasteiger partial charge is 0.392 e. The van der Waals surface area contributed by atoms with Crippen molar-refractivity contribution < 1.29 is 5.11 Å². The van der Waals surface area contributed by atoms with Gasteiger partial charge in [-0.2, -0.15) is 4.68 Å². The standard InChI is InChI=1S/C22H24N6O2S/c1-16-20(21(30)28(26(16)2)18-11-7-4-8-12-18)27-22(23-24-25-27)31-15-19(29)14-13-17-9-5-3-6-10-17/h3-12,19,29H,13-15H2,1-2H3. The van der Waals surface area contributed by atoms with Gasteiger partial charge in [0.15, 0.2) is 5.69 Å². The maximum Gasteiger partial charge on any atom is 0.297 e. The molecule has 2 aromatic carbocycles. The first-order valence-electron chi connectivity index (χ1n) is 10.0. The fourth-order valence-electron chi connectivity index (χ4n) is 3.44. The number of aliphatic hydroxyl groups excluding tert-OH is 1. The summed E-state index contributed by atoms with van der Waals surface area (Å²) in [6.07, 6.45) is 0.935. The summed E-state index contributed by atoms with van der Waals surface area (Å²) >= 11 is 1.34. The van der Waals surface area contributed by atoms with Gasteiger partial charge in [0.2, 0.25) is 5.16 Å². The van der Waals surface area contributed by atoms with Crippen LogP contribution in [0.15, 0.2) is 70.6 Å². The minimum Gasteiger partial charge on any atom is -0.392 e. The molecule has 2 heterocycles. The van der Waals surface area contributed by atoms with E-state index in [9.17, 15) is 9.90 Å². The molecule has 0 bridgehead atoms. The van der Waals surface area contributed by atoms with E-state index in [2.05, 4.69) is 27.7 Å².